The number of hydrogen-bond acceptors (Lipinski definition) is 3. The van der Waals surface area contributed by atoms with Crippen molar-refractivity contribution in [3.8, 4) is 5.75 Å². The van der Waals surface area contributed by atoms with Gasteiger partial charge in [0.2, 0.25) is 0 Å². The van der Waals surface area contributed by atoms with Crippen molar-refractivity contribution in [2.45, 2.75) is 18.9 Å². The average molecular weight is 245 g/mol. The van der Waals surface area contributed by atoms with Crippen LogP contribution in [0.4, 0.5) is 8.78 Å². The highest BCUT2D eigenvalue weighted by Crippen LogP contribution is 2.30. The van der Waals surface area contributed by atoms with Gasteiger partial charge >= 0.3 is 5.97 Å². The van der Waals surface area contributed by atoms with Gasteiger partial charge in [-0.1, -0.05) is 0 Å². The summed E-state index contributed by atoms with van der Waals surface area (Å²) in [6.07, 6.45) is -0.143. The predicted octanol–water partition coefficient (Wildman–Crippen LogP) is 1.84. The number of halogens is 2. The van der Waals surface area contributed by atoms with E-state index in [0.29, 0.717) is 6.07 Å². The fourth-order valence-corrected chi connectivity index (χ4v) is 1.51. The highest BCUT2D eigenvalue weighted by atomic mass is 19.1. The van der Waals surface area contributed by atoms with Gasteiger partial charge in [-0.3, -0.25) is 4.79 Å². The molecule has 0 saturated heterocycles. The summed E-state index contributed by atoms with van der Waals surface area (Å²) in [6, 6.07) is 0.860. The molecular formula is C11H13F2NO3. The van der Waals surface area contributed by atoms with Crippen molar-refractivity contribution in [1.82, 2.24) is 0 Å². The minimum Gasteiger partial charge on any atom is -0.496 e. The number of carbonyl (C=O) groups is 1. The van der Waals surface area contributed by atoms with Gasteiger partial charge in [-0.05, 0) is 6.42 Å². The first kappa shape index (κ1) is 13.4. The van der Waals surface area contributed by atoms with Crippen LogP contribution >= 0.6 is 0 Å². The van der Waals surface area contributed by atoms with Gasteiger partial charge in [-0.2, -0.15) is 0 Å². The molecule has 0 radical (unpaired) electrons. The van der Waals surface area contributed by atoms with Crippen LogP contribution in [0.1, 0.15) is 24.4 Å². The summed E-state index contributed by atoms with van der Waals surface area (Å²) >= 11 is 0. The van der Waals surface area contributed by atoms with Gasteiger partial charge in [0.05, 0.1) is 7.11 Å². The first-order valence-electron chi connectivity index (χ1n) is 4.96. The standard InChI is InChI=1S/C11H13F2NO3/c1-17-9-5-6(12)4-7(13)11(9)8(14)2-3-10(15)16/h4-5,8H,2-3,14H2,1H3,(H,15,16). The number of hydrogen-bond donors (Lipinski definition) is 2. The molecular weight excluding hydrogens is 232 g/mol. The Labute approximate surface area is 97.0 Å². The fraction of sp³-hybridized carbons (Fsp3) is 0.364. The third kappa shape index (κ3) is 3.39. The molecule has 0 aliphatic rings. The van der Waals surface area contributed by atoms with Crippen LogP contribution in [0.3, 0.4) is 0 Å². The molecule has 0 amide bonds. The first-order valence-corrected chi connectivity index (χ1v) is 4.96. The lowest BCUT2D eigenvalue weighted by molar-refractivity contribution is -0.137. The van der Waals surface area contributed by atoms with E-state index in [0.717, 1.165) is 6.07 Å². The average Bonchev–Trinajstić information content (AvgIpc) is 2.24. The molecule has 4 nitrogen and oxygen atoms in total. The molecule has 0 bridgehead atoms. The second kappa shape index (κ2) is 5.58. The molecule has 3 N–H and O–H groups in total. The van der Waals surface area contributed by atoms with E-state index in [1.54, 1.807) is 0 Å². The first-order chi connectivity index (χ1) is 7.95. The molecule has 1 aromatic rings. The third-order valence-corrected chi connectivity index (χ3v) is 2.32. The molecule has 17 heavy (non-hydrogen) atoms. The van der Waals surface area contributed by atoms with E-state index in [4.69, 9.17) is 15.6 Å². The molecule has 1 atom stereocenters. The lowest BCUT2D eigenvalue weighted by Crippen LogP contribution is -2.15. The Bertz CT molecular complexity index is 423. The van der Waals surface area contributed by atoms with E-state index in [9.17, 15) is 13.6 Å². The molecule has 0 heterocycles. The number of rotatable bonds is 5. The number of carboxylic acids is 1. The van der Waals surface area contributed by atoms with E-state index < -0.39 is 23.6 Å². The van der Waals surface area contributed by atoms with Crippen molar-refractivity contribution >= 4 is 5.97 Å². The number of benzene rings is 1. The van der Waals surface area contributed by atoms with Gasteiger partial charge in [0.1, 0.15) is 17.4 Å². The number of aliphatic carboxylic acids is 1. The SMILES string of the molecule is COc1cc(F)cc(F)c1C(N)CCC(=O)O. The lowest BCUT2D eigenvalue weighted by atomic mass is 10.0. The van der Waals surface area contributed by atoms with Crippen molar-refractivity contribution in [2.75, 3.05) is 7.11 Å². The van der Waals surface area contributed by atoms with E-state index >= 15 is 0 Å². The Morgan fingerprint density at radius 1 is 1.53 bits per heavy atom. The Morgan fingerprint density at radius 2 is 2.18 bits per heavy atom. The molecule has 0 aliphatic carbocycles. The molecule has 0 aromatic heterocycles. The molecule has 6 heteroatoms. The van der Waals surface area contributed by atoms with Crippen LogP contribution in [0, 0.1) is 11.6 Å². The van der Waals surface area contributed by atoms with Crippen LogP contribution in [0.2, 0.25) is 0 Å². The van der Waals surface area contributed by atoms with Crippen LogP contribution in [0.25, 0.3) is 0 Å². The highest BCUT2D eigenvalue weighted by molar-refractivity contribution is 5.66. The van der Waals surface area contributed by atoms with Crippen LogP contribution in [-0.2, 0) is 4.79 Å². The Kier molecular flexibility index (Phi) is 4.39. The molecule has 1 aromatic carbocycles. The monoisotopic (exact) mass is 245 g/mol. The number of methoxy groups -OCH3 is 1. The second-order valence-corrected chi connectivity index (χ2v) is 3.54. The second-order valence-electron chi connectivity index (χ2n) is 3.54. The summed E-state index contributed by atoms with van der Waals surface area (Å²) in [4.78, 5) is 10.4. The largest absolute Gasteiger partial charge is 0.496 e. The highest BCUT2D eigenvalue weighted by Gasteiger charge is 2.19. The lowest BCUT2D eigenvalue weighted by Gasteiger charge is -2.15. The van der Waals surface area contributed by atoms with Crippen LogP contribution in [0.5, 0.6) is 5.75 Å². The van der Waals surface area contributed by atoms with Crippen molar-refractivity contribution < 1.29 is 23.4 Å². The quantitative estimate of drug-likeness (QED) is 0.830. The molecule has 0 fully saturated rings. The molecule has 0 aliphatic heterocycles. The van der Waals surface area contributed by atoms with E-state index in [1.807, 2.05) is 0 Å². The van der Waals surface area contributed by atoms with Crippen LogP contribution < -0.4 is 10.5 Å². The zero-order valence-electron chi connectivity index (χ0n) is 9.24. The van der Waals surface area contributed by atoms with Crippen LogP contribution in [-0.4, -0.2) is 18.2 Å². The Hall–Kier alpha value is -1.69. The van der Waals surface area contributed by atoms with Gasteiger partial charge in [-0.25, -0.2) is 8.78 Å². The normalized spacial score (nSPS) is 12.2. The molecule has 1 unspecified atom stereocenters. The van der Waals surface area contributed by atoms with Crippen molar-refractivity contribution in [2.24, 2.45) is 5.73 Å². The minimum absolute atomic E-state index is 0.00449. The topological polar surface area (TPSA) is 72.5 Å². The summed E-state index contributed by atoms with van der Waals surface area (Å²) in [6.45, 7) is 0. The number of carboxylic acid groups (broad SMARTS) is 1. The van der Waals surface area contributed by atoms with E-state index in [-0.39, 0.29) is 24.2 Å². The zero-order valence-corrected chi connectivity index (χ0v) is 9.24. The molecule has 0 saturated carbocycles. The molecule has 0 spiro atoms. The van der Waals surface area contributed by atoms with Crippen molar-refractivity contribution in [1.29, 1.82) is 0 Å². The van der Waals surface area contributed by atoms with Crippen molar-refractivity contribution in [3.63, 3.8) is 0 Å². The van der Waals surface area contributed by atoms with Gasteiger partial charge in [0.15, 0.2) is 0 Å². The summed E-state index contributed by atoms with van der Waals surface area (Å²) in [5.74, 6) is -2.64. The predicted molar refractivity (Wildman–Crippen MR) is 56.7 cm³/mol. The zero-order chi connectivity index (χ0) is 13.0. The van der Waals surface area contributed by atoms with Gasteiger partial charge in [0.25, 0.3) is 0 Å². The summed E-state index contributed by atoms with van der Waals surface area (Å²) in [7, 11) is 1.27. The number of nitrogens with two attached hydrogens (primary N) is 1. The third-order valence-electron chi connectivity index (χ3n) is 2.32. The summed E-state index contributed by atoms with van der Waals surface area (Å²) < 4.78 is 31.3. The van der Waals surface area contributed by atoms with Crippen LogP contribution in [0.15, 0.2) is 12.1 Å². The number of ether oxygens (including phenoxy) is 1. The Balaban J connectivity index is 2.99. The molecule has 1 rings (SSSR count). The maximum atomic E-state index is 13.5. The fourth-order valence-electron chi connectivity index (χ4n) is 1.51. The maximum absolute atomic E-state index is 13.5. The maximum Gasteiger partial charge on any atom is 0.303 e. The Morgan fingerprint density at radius 3 is 2.71 bits per heavy atom. The van der Waals surface area contributed by atoms with Gasteiger partial charge in [-0.15, -0.1) is 0 Å². The van der Waals surface area contributed by atoms with Gasteiger partial charge in [0, 0.05) is 30.2 Å². The summed E-state index contributed by atoms with van der Waals surface area (Å²) in [5, 5.41) is 8.51. The van der Waals surface area contributed by atoms with Crippen molar-refractivity contribution in [3.05, 3.63) is 29.3 Å². The molecule has 94 valence electrons. The van der Waals surface area contributed by atoms with E-state index in [1.165, 1.54) is 7.11 Å². The smallest absolute Gasteiger partial charge is 0.303 e. The van der Waals surface area contributed by atoms with E-state index in [2.05, 4.69) is 0 Å². The minimum atomic E-state index is -1.03. The summed E-state index contributed by atoms with van der Waals surface area (Å²) in [5.41, 5.74) is 5.66. The van der Waals surface area contributed by atoms with Gasteiger partial charge < -0.3 is 15.6 Å².